The molecule has 1 amide bonds. The Balaban J connectivity index is 1.41. The summed E-state index contributed by atoms with van der Waals surface area (Å²) in [5.74, 6) is 0.314. The molecule has 3 aromatic rings. The number of rotatable bonds is 3. The molecule has 6 rings (SSSR count). The van der Waals surface area contributed by atoms with Crippen molar-refractivity contribution in [2.45, 2.75) is 57.0 Å². The highest BCUT2D eigenvalue weighted by Crippen LogP contribution is 2.48. The number of carbonyl (C=O) groups is 1. The summed E-state index contributed by atoms with van der Waals surface area (Å²) in [7, 11) is 3.85. The number of fused-ring (bicyclic) bond motifs is 4. The predicted molar refractivity (Wildman–Crippen MR) is 114 cm³/mol. The fourth-order valence-corrected chi connectivity index (χ4v) is 5.78. The quantitative estimate of drug-likeness (QED) is 0.644. The molecule has 0 N–H and O–H groups in total. The van der Waals surface area contributed by atoms with Gasteiger partial charge in [-0.25, -0.2) is 4.39 Å². The van der Waals surface area contributed by atoms with Crippen LogP contribution in [0.25, 0.3) is 11.3 Å². The van der Waals surface area contributed by atoms with Gasteiger partial charge >= 0.3 is 0 Å². The first-order valence-corrected chi connectivity index (χ1v) is 11.1. The molecule has 2 fully saturated rings. The number of hydrogen-bond donors (Lipinski definition) is 0. The summed E-state index contributed by atoms with van der Waals surface area (Å²) in [5.41, 5.74) is 6.69. The third-order valence-electron chi connectivity index (χ3n) is 7.16. The Labute approximate surface area is 180 Å². The Bertz CT molecular complexity index is 1200. The molecule has 160 valence electrons. The van der Waals surface area contributed by atoms with Crippen LogP contribution in [0.4, 0.5) is 4.39 Å². The van der Waals surface area contributed by atoms with E-state index in [-0.39, 0.29) is 23.8 Å². The van der Waals surface area contributed by atoms with Gasteiger partial charge in [0.2, 0.25) is 0 Å². The molecule has 2 bridgehead atoms. The standard InChI is InChI=1S/C24H26FN5O/c1-13-8-15(10-16(25)9-13)23-18-11-17-6-7-20(21(18)27-29(23)3)30(17)24(31)19-12-26-28(2)22(19)14-4-5-14/h8-10,12,14,17,20H,4-7,11H2,1-3H3/t17-,20+/m0/s1. The van der Waals surface area contributed by atoms with Crippen molar-refractivity contribution in [1.82, 2.24) is 24.5 Å². The maximum atomic E-state index is 14.1. The molecule has 0 spiro atoms. The van der Waals surface area contributed by atoms with E-state index in [0.717, 1.165) is 71.4 Å². The maximum absolute atomic E-state index is 14.1. The number of hydrogen-bond acceptors (Lipinski definition) is 3. The van der Waals surface area contributed by atoms with Crippen LogP contribution in [0.3, 0.4) is 0 Å². The van der Waals surface area contributed by atoms with Gasteiger partial charge in [-0.1, -0.05) is 0 Å². The second-order valence-corrected chi connectivity index (χ2v) is 9.36. The summed E-state index contributed by atoms with van der Waals surface area (Å²) < 4.78 is 17.9. The van der Waals surface area contributed by atoms with Crippen LogP contribution in [0.1, 0.15) is 70.5 Å². The number of amides is 1. The van der Waals surface area contributed by atoms with Gasteiger partial charge in [0.1, 0.15) is 5.82 Å². The van der Waals surface area contributed by atoms with Gasteiger partial charge in [0.05, 0.1) is 34.9 Å². The first-order chi connectivity index (χ1) is 14.9. The topological polar surface area (TPSA) is 56.0 Å². The Morgan fingerprint density at radius 1 is 1.10 bits per heavy atom. The summed E-state index contributed by atoms with van der Waals surface area (Å²) in [4.78, 5) is 15.7. The van der Waals surface area contributed by atoms with Crippen LogP contribution in [0, 0.1) is 12.7 Å². The molecule has 1 aromatic carbocycles. The molecule has 1 saturated heterocycles. The van der Waals surface area contributed by atoms with Gasteiger partial charge in [0, 0.05) is 37.2 Å². The summed E-state index contributed by atoms with van der Waals surface area (Å²) in [6.45, 7) is 1.91. The van der Waals surface area contributed by atoms with Crippen LogP contribution >= 0.6 is 0 Å². The summed E-state index contributed by atoms with van der Waals surface area (Å²) in [6.07, 6.45) is 6.65. The third kappa shape index (κ3) is 2.78. The zero-order valence-electron chi connectivity index (χ0n) is 18.1. The van der Waals surface area contributed by atoms with Gasteiger partial charge in [0.15, 0.2) is 0 Å². The molecule has 2 aromatic heterocycles. The van der Waals surface area contributed by atoms with Gasteiger partial charge in [0.25, 0.3) is 5.91 Å². The molecular weight excluding hydrogens is 393 g/mol. The molecular formula is C24H26FN5O. The Hall–Kier alpha value is -2.96. The number of halogens is 1. The average molecular weight is 420 g/mol. The minimum Gasteiger partial charge on any atom is -0.327 e. The van der Waals surface area contributed by atoms with Crippen molar-refractivity contribution >= 4 is 5.91 Å². The van der Waals surface area contributed by atoms with Crippen molar-refractivity contribution in [3.05, 3.63) is 58.3 Å². The number of carbonyl (C=O) groups excluding carboxylic acids is 1. The number of benzene rings is 1. The van der Waals surface area contributed by atoms with Crippen LogP contribution in [0.5, 0.6) is 0 Å². The molecule has 0 radical (unpaired) electrons. The van der Waals surface area contributed by atoms with Crippen molar-refractivity contribution in [1.29, 1.82) is 0 Å². The highest BCUT2D eigenvalue weighted by atomic mass is 19.1. The van der Waals surface area contributed by atoms with Crippen LogP contribution in [0.15, 0.2) is 24.4 Å². The van der Waals surface area contributed by atoms with Crippen molar-refractivity contribution < 1.29 is 9.18 Å². The first-order valence-electron chi connectivity index (χ1n) is 11.1. The number of aryl methyl sites for hydroxylation is 3. The van der Waals surface area contributed by atoms with Crippen molar-refractivity contribution in [2.75, 3.05) is 0 Å². The number of nitrogens with zero attached hydrogens (tertiary/aromatic N) is 5. The minimum absolute atomic E-state index is 0.0249. The van der Waals surface area contributed by atoms with E-state index < -0.39 is 0 Å². The fraction of sp³-hybridized carbons (Fsp3) is 0.458. The highest BCUT2D eigenvalue weighted by molar-refractivity contribution is 5.96. The van der Waals surface area contributed by atoms with Gasteiger partial charge in [-0.15, -0.1) is 0 Å². The van der Waals surface area contributed by atoms with E-state index in [1.807, 2.05) is 36.4 Å². The van der Waals surface area contributed by atoms with Crippen LogP contribution in [-0.2, 0) is 20.5 Å². The van der Waals surface area contributed by atoms with Gasteiger partial charge in [-0.3, -0.25) is 14.2 Å². The van der Waals surface area contributed by atoms with E-state index >= 15 is 0 Å². The van der Waals surface area contributed by atoms with Crippen LogP contribution < -0.4 is 0 Å². The van der Waals surface area contributed by atoms with Crippen molar-refractivity contribution in [3.63, 3.8) is 0 Å². The fourth-order valence-electron chi connectivity index (χ4n) is 5.78. The smallest absolute Gasteiger partial charge is 0.258 e. The van der Waals surface area contributed by atoms with Crippen molar-refractivity contribution in [3.8, 4) is 11.3 Å². The van der Waals surface area contributed by atoms with E-state index in [4.69, 9.17) is 5.10 Å². The predicted octanol–water partition coefficient (Wildman–Crippen LogP) is 4.05. The molecule has 1 saturated carbocycles. The van der Waals surface area contributed by atoms with E-state index in [0.29, 0.717) is 5.92 Å². The number of aromatic nitrogens is 4. The van der Waals surface area contributed by atoms with E-state index in [1.54, 1.807) is 18.3 Å². The van der Waals surface area contributed by atoms with Gasteiger partial charge < -0.3 is 4.90 Å². The van der Waals surface area contributed by atoms with E-state index in [9.17, 15) is 9.18 Å². The van der Waals surface area contributed by atoms with Crippen molar-refractivity contribution in [2.24, 2.45) is 14.1 Å². The molecule has 4 heterocycles. The second kappa shape index (κ2) is 6.52. The van der Waals surface area contributed by atoms with E-state index in [1.165, 1.54) is 0 Å². The first kappa shape index (κ1) is 18.8. The molecule has 0 unspecified atom stereocenters. The molecule has 6 nitrogen and oxygen atoms in total. The van der Waals surface area contributed by atoms with E-state index in [2.05, 4.69) is 10.00 Å². The van der Waals surface area contributed by atoms with Gasteiger partial charge in [-0.05, 0) is 62.8 Å². The summed E-state index contributed by atoms with van der Waals surface area (Å²) in [5, 5.41) is 9.24. The molecule has 3 aliphatic rings. The monoisotopic (exact) mass is 419 g/mol. The van der Waals surface area contributed by atoms with Crippen LogP contribution in [0.2, 0.25) is 0 Å². The lowest BCUT2D eigenvalue weighted by Crippen LogP contribution is -2.42. The van der Waals surface area contributed by atoms with Gasteiger partial charge in [-0.2, -0.15) is 10.2 Å². The molecule has 2 aliphatic heterocycles. The van der Waals surface area contributed by atoms with Crippen LogP contribution in [-0.4, -0.2) is 36.4 Å². The Morgan fingerprint density at radius 3 is 2.65 bits per heavy atom. The normalized spacial score (nSPS) is 22.1. The summed E-state index contributed by atoms with van der Waals surface area (Å²) >= 11 is 0. The second-order valence-electron chi connectivity index (χ2n) is 9.36. The highest BCUT2D eigenvalue weighted by Gasteiger charge is 2.47. The zero-order chi connectivity index (χ0) is 21.4. The maximum Gasteiger partial charge on any atom is 0.258 e. The minimum atomic E-state index is -0.232. The SMILES string of the molecule is Cc1cc(F)cc(-c2c3c(nn2C)[C@H]2CC[C@@H](C3)N2C(=O)c2cnn(C)c2C2CC2)c1. The largest absolute Gasteiger partial charge is 0.327 e. The lowest BCUT2D eigenvalue weighted by Gasteiger charge is -2.34. The lowest BCUT2D eigenvalue weighted by molar-refractivity contribution is 0.0641. The molecule has 31 heavy (non-hydrogen) atoms. The lowest BCUT2D eigenvalue weighted by atomic mass is 9.93. The third-order valence-corrected chi connectivity index (χ3v) is 7.16. The molecule has 7 heteroatoms. The summed E-state index contributed by atoms with van der Waals surface area (Å²) in [6, 6.07) is 5.26. The molecule has 1 aliphatic carbocycles. The zero-order valence-corrected chi connectivity index (χ0v) is 18.1. The molecule has 2 atom stereocenters. The Morgan fingerprint density at radius 2 is 1.90 bits per heavy atom. The average Bonchev–Trinajstić information content (AvgIpc) is 3.27. The Kier molecular flexibility index (Phi) is 3.95.